The number of hydrogen-bond donors (Lipinski definition) is 1. The van der Waals surface area contributed by atoms with Gasteiger partial charge in [-0.25, -0.2) is 22.3 Å². The van der Waals surface area contributed by atoms with E-state index in [1.807, 2.05) is 0 Å². The lowest BCUT2D eigenvalue weighted by atomic mass is 9.93. The quantitative estimate of drug-likeness (QED) is 0.636. The number of halogens is 3. The second kappa shape index (κ2) is 6.73. The SMILES string of the molecule is NS(=O)(=O)c1ccccc1-c1cc2c(cc1-c1cc(F)c(Cl)c(F)c1)OCO2. The van der Waals surface area contributed by atoms with Crippen molar-refractivity contribution in [2.75, 3.05) is 6.79 Å². The molecule has 0 saturated carbocycles. The predicted molar refractivity (Wildman–Crippen MR) is 99.7 cm³/mol. The van der Waals surface area contributed by atoms with E-state index in [1.54, 1.807) is 18.2 Å². The fraction of sp³-hybridized carbons (Fsp3) is 0.0526. The third kappa shape index (κ3) is 3.19. The van der Waals surface area contributed by atoms with E-state index in [2.05, 4.69) is 0 Å². The Bertz CT molecular complexity index is 1190. The second-order valence-electron chi connectivity index (χ2n) is 6.05. The lowest BCUT2D eigenvalue weighted by Gasteiger charge is -2.15. The smallest absolute Gasteiger partial charge is 0.238 e. The molecule has 0 radical (unpaired) electrons. The zero-order valence-corrected chi connectivity index (χ0v) is 15.7. The van der Waals surface area contributed by atoms with Gasteiger partial charge in [0.05, 0.1) is 4.90 Å². The standard InChI is InChI=1S/C19H12ClF2NO4S/c20-19-14(21)5-10(6-15(19)22)12-7-16-17(27-9-26-16)8-13(12)11-3-1-2-4-18(11)28(23,24)25/h1-8H,9H2,(H2,23,24,25). The van der Waals surface area contributed by atoms with E-state index in [-0.39, 0.29) is 22.8 Å². The van der Waals surface area contributed by atoms with E-state index in [9.17, 15) is 17.2 Å². The van der Waals surface area contributed by atoms with E-state index in [4.69, 9.17) is 26.2 Å². The van der Waals surface area contributed by atoms with Crippen molar-refractivity contribution in [1.82, 2.24) is 0 Å². The van der Waals surface area contributed by atoms with Crippen LogP contribution in [0.3, 0.4) is 0 Å². The van der Waals surface area contributed by atoms with Crippen molar-refractivity contribution < 1.29 is 26.7 Å². The molecule has 0 saturated heterocycles. The monoisotopic (exact) mass is 423 g/mol. The van der Waals surface area contributed by atoms with Gasteiger partial charge in [-0.15, -0.1) is 0 Å². The first-order chi connectivity index (χ1) is 13.3. The summed E-state index contributed by atoms with van der Waals surface area (Å²) in [6.45, 7) is -0.0294. The molecule has 28 heavy (non-hydrogen) atoms. The van der Waals surface area contributed by atoms with Crippen molar-refractivity contribution in [2.45, 2.75) is 4.90 Å². The van der Waals surface area contributed by atoms with Crippen LogP contribution in [0.5, 0.6) is 11.5 Å². The van der Waals surface area contributed by atoms with Gasteiger partial charge >= 0.3 is 0 Å². The number of benzene rings is 3. The average Bonchev–Trinajstić information content (AvgIpc) is 3.11. The molecule has 0 bridgehead atoms. The number of nitrogens with two attached hydrogens (primary N) is 1. The summed E-state index contributed by atoms with van der Waals surface area (Å²) in [7, 11) is -4.06. The number of primary sulfonamides is 1. The number of hydrogen-bond acceptors (Lipinski definition) is 4. The number of fused-ring (bicyclic) bond motifs is 1. The molecule has 0 spiro atoms. The van der Waals surface area contributed by atoms with E-state index < -0.39 is 26.7 Å². The Morgan fingerprint density at radius 3 is 2.07 bits per heavy atom. The second-order valence-corrected chi connectivity index (χ2v) is 7.95. The van der Waals surface area contributed by atoms with Gasteiger partial charge in [-0.1, -0.05) is 29.8 Å². The third-order valence-electron chi connectivity index (χ3n) is 4.29. The van der Waals surface area contributed by atoms with Crippen LogP contribution in [0.15, 0.2) is 53.4 Å². The molecule has 5 nitrogen and oxygen atoms in total. The minimum Gasteiger partial charge on any atom is -0.454 e. The van der Waals surface area contributed by atoms with Crippen molar-refractivity contribution >= 4 is 21.6 Å². The summed E-state index contributed by atoms with van der Waals surface area (Å²) < 4.78 is 62.9. The molecule has 1 heterocycles. The van der Waals surface area contributed by atoms with Gasteiger partial charge in [-0.3, -0.25) is 0 Å². The molecule has 0 atom stereocenters. The highest BCUT2D eigenvalue weighted by atomic mass is 35.5. The maximum absolute atomic E-state index is 14.1. The minimum absolute atomic E-state index is 0.0294. The van der Waals surface area contributed by atoms with Crippen LogP contribution in [0.1, 0.15) is 0 Å². The van der Waals surface area contributed by atoms with Crippen LogP contribution in [0.4, 0.5) is 8.78 Å². The Kier molecular flexibility index (Phi) is 4.49. The summed E-state index contributed by atoms with van der Waals surface area (Å²) in [6, 6.07) is 11.2. The maximum Gasteiger partial charge on any atom is 0.238 e. The lowest BCUT2D eigenvalue weighted by Crippen LogP contribution is -2.13. The predicted octanol–water partition coefficient (Wildman–Crippen LogP) is 4.33. The summed E-state index contributed by atoms with van der Waals surface area (Å²) in [5.41, 5.74) is 1.09. The zero-order chi connectivity index (χ0) is 20.1. The molecule has 3 aromatic carbocycles. The largest absolute Gasteiger partial charge is 0.454 e. The van der Waals surface area contributed by atoms with Crippen LogP contribution in [-0.4, -0.2) is 15.2 Å². The van der Waals surface area contributed by atoms with E-state index in [1.165, 1.54) is 18.2 Å². The Hall–Kier alpha value is -2.68. The Labute approximate surface area is 164 Å². The normalized spacial score (nSPS) is 13.0. The van der Waals surface area contributed by atoms with Crippen molar-refractivity contribution in [2.24, 2.45) is 5.14 Å². The third-order valence-corrected chi connectivity index (χ3v) is 5.62. The number of sulfonamides is 1. The molecule has 0 amide bonds. The number of ether oxygens (including phenoxy) is 2. The molecule has 0 fully saturated rings. The summed E-state index contributed by atoms with van der Waals surface area (Å²) in [6.07, 6.45) is 0. The van der Waals surface area contributed by atoms with Gasteiger partial charge in [0.15, 0.2) is 11.5 Å². The first-order valence-electron chi connectivity index (χ1n) is 7.96. The van der Waals surface area contributed by atoms with Gasteiger partial charge in [0.2, 0.25) is 16.8 Å². The first kappa shape index (κ1) is 18.7. The molecule has 4 rings (SSSR count). The zero-order valence-electron chi connectivity index (χ0n) is 14.1. The van der Waals surface area contributed by atoms with E-state index in [0.717, 1.165) is 12.1 Å². The maximum atomic E-state index is 14.1. The summed E-state index contributed by atoms with van der Waals surface area (Å²) in [5.74, 6) is -1.15. The molecule has 0 aliphatic carbocycles. The van der Waals surface area contributed by atoms with Crippen LogP contribution >= 0.6 is 11.6 Å². The van der Waals surface area contributed by atoms with Gasteiger partial charge in [-0.05, 0) is 47.0 Å². The molecule has 2 N–H and O–H groups in total. The van der Waals surface area contributed by atoms with Crippen LogP contribution in [0, 0.1) is 11.6 Å². The van der Waals surface area contributed by atoms with Crippen LogP contribution in [0.25, 0.3) is 22.3 Å². The molecular weight excluding hydrogens is 412 g/mol. The van der Waals surface area contributed by atoms with Crippen LogP contribution in [-0.2, 0) is 10.0 Å². The molecular formula is C19H12ClF2NO4S. The van der Waals surface area contributed by atoms with Crippen LogP contribution < -0.4 is 14.6 Å². The molecule has 3 aromatic rings. The highest BCUT2D eigenvalue weighted by Crippen LogP contribution is 2.44. The average molecular weight is 424 g/mol. The highest BCUT2D eigenvalue weighted by Gasteiger charge is 2.24. The van der Waals surface area contributed by atoms with Crippen molar-refractivity contribution in [3.8, 4) is 33.8 Å². The molecule has 1 aliphatic rings. The summed E-state index contributed by atoms with van der Waals surface area (Å²) in [5, 5.41) is 4.71. The van der Waals surface area contributed by atoms with Gasteiger partial charge < -0.3 is 9.47 Å². The van der Waals surface area contributed by atoms with E-state index >= 15 is 0 Å². The molecule has 144 valence electrons. The molecule has 1 aliphatic heterocycles. The first-order valence-corrected chi connectivity index (χ1v) is 9.89. The van der Waals surface area contributed by atoms with Gasteiger partial charge in [0.1, 0.15) is 16.7 Å². The Morgan fingerprint density at radius 2 is 1.46 bits per heavy atom. The molecule has 9 heteroatoms. The van der Waals surface area contributed by atoms with Gasteiger partial charge in [-0.2, -0.15) is 0 Å². The fourth-order valence-corrected chi connectivity index (χ4v) is 3.91. The fourth-order valence-electron chi connectivity index (χ4n) is 3.05. The number of rotatable bonds is 3. The van der Waals surface area contributed by atoms with Crippen molar-refractivity contribution in [3.63, 3.8) is 0 Å². The van der Waals surface area contributed by atoms with Crippen LogP contribution in [0.2, 0.25) is 5.02 Å². The summed E-state index contributed by atoms with van der Waals surface area (Å²) >= 11 is 5.58. The van der Waals surface area contributed by atoms with E-state index in [0.29, 0.717) is 22.6 Å². The topological polar surface area (TPSA) is 78.6 Å². The Balaban J connectivity index is 2.05. The molecule has 0 unspecified atom stereocenters. The Morgan fingerprint density at radius 1 is 0.893 bits per heavy atom. The van der Waals surface area contributed by atoms with Crippen molar-refractivity contribution in [3.05, 3.63) is 65.2 Å². The van der Waals surface area contributed by atoms with Gasteiger partial charge in [0.25, 0.3) is 0 Å². The summed E-state index contributed by atoms with van der Waals surface area (Å²) in [4.78, 5) is -0.134. The van der Waals surface area contributed by atoms with Gasteiger partial charge in [0, 0.05) is 5.56 Å². The highest BCUT2D eigenvalue weighted by molar-refractivity contribution is 7.89. The minimum atomic E-state index is -4.06. The van der Waals surface area contributed by atoms with Crippen molar-refractivity contribution in [1.29, 1.82) is 0 Å². The molecule has 0 aromatic heterocycles. The lowest BCUT2D eigenvalue weighted by molar-refractivity contribution is 0.174.